The first kappa shape index (κ1) is 15.5. The lowest BCUT2D eigenvalue weighted by molar-refractivity contribution is 0.115. The number of hydrogen-bond acceptors (Lipinski definition) is 6. The zero-order chi connectivity index (χ0) is 14.0. The molecule has 1 saturated heterocycles. The maximum absolute atomic E-state index is 4.86. The largest absolute Gasteiger partial charge is 0.357 e. The predicted molar refractivity (Wildman–Crippen MR) is 87.6 cm³/mol. The van der Waals surface area contributed by atoms with Gasteiger partial charge in [0, 0.05) is 32.7 Å². The molecule has 0 aromatic rings. The van der Waals surface area contributed by atoms with Crippen molar-refractivity contribution in [2.75, 3.05) is 34.2 Å². The van der Waals surface area contributed by atoms with Crippen LogP contribution in [0.3, 0.4) is 0 Å². The molecule has 2 aliphatic heterocycles. The van der Waals surface area contributed by atoms with Gasteiger partial charge in [0.2, 0.25) is 0 Å². The molecule has 0 saturated carbocycles. The molecule has 1 fully saturated rings. The molecule has 0 radical (unpaired) electrons. The first-order chi connectivity index (χ1) is 8.99. The quantitative estimate of drug-likeness (QED) is 0.692. The summed E-state index contributed by atoms with van der Waals surface area (Å²) in [7, 11) is 10.1. The zero-order valence-electron chi connectivity index (χ0n) is 12.7. The molecular formula is C13H26N4S2. The van der Waals surface area contributed by atoms with E-state index in [4.69, 9.17) is 4.99 Å². The van der Waals surface area contributed by atoms with Crippen molar-refractivity contribution in [3.05, 3.63) is 0 Å². The van der Waals surface area contributed by atoms with Crippen LogP contribution in [0.1, 0.15) is 26.7 Å². The van der Waals surface area contributed by atoms with E-state index in [1.165, 1.54) is 19.4 Å². The van der Waals surface area contributed by atoms with Crippen LogP contribution in [0, 0.1) is 0 Å². The summed E-state index contributed by atoms with van der Waals surface area (Å²) in [4.78, 5) is 12.0. The van der Waals surface area contributed by atoms with Gasteiger partial charge < -0.3 is 9.80 Å². The van der Waals surface area contributed by atoms with Crippen molar-refractivity contribution in [1.29, 1.82) is 0 Å². The van der Waals surface area contributed by atoms with E-state index in [2.05, 4.69) is 49.7 Å². The Bertz CT molecular complexity index is 335. The van der Waals surface area contributed by atoms with Crippen LogP contribution in [0.2, 0.25) is 0 Å². The number of aliphatic imine (C=N–C) groups is 1. The molecule has 2 aliphatic rings. The second-order valence-corrected chi connectivity index (χ2v) is 8.03. The van der Waals surface area contributed by atoms with Crippen LogP contribution in [0.25, 0.3) is 0 Å². The van der Waals surface area contributed by atoms with Crippen molar-refractivity contribution in [1.82, 2.24) is 14.7 Å². The zero-order valence-corrected chi connectivity index (χ0v) is 14.3. The van der Waals surface area contributed by atoms with Crippen molar-refractivity contribution in [2.24, 2.45) is 4.99 Å². The topological polar surface area (TPSA) is 22.1 Å². The Morgan fingerprint density at radius 3 is 2.47 bits per heavy atom. The van der Waals surface area contributed by atoms with E-state index < -0.39 is 0 Å². The molecular weight excluding hydrogens is 276 g/mol. The van der Waals surface area contributed by atoms with Crippen molar-refractivity contribution in [3.8, 4) is 0 Å². The lowest BCUT2D eigenvalue weighted by Crippen LogP contribution is -2.46. The van der Waals surface area contributed by atoms with E-state index in [1.54, 1.807) is 0 Å². The highest BCUT2D eigenvalue weighted by Gasteiger charge is 2.31. The summed E-state index contributed by atoms with van der Waals surface area (Å²) in [5.41, 5.74) is 0.299. The second-order valence-electron chi connectivity index (χ2n) is 5.81. The molecule has 3 atom stereocenters. The third-order valence-electron chi connectivity index (χ3n) is 4.12. The van der Waals surface area contributed by atoms with Crippen LogP contribution in [-0.4, -0.2) is 71.7 Å². The van der Waals surface area contributed by atoms with Gasteiger partial charge >= 0.3 is 0 Å². The first-order valence-electron chi connectivity index (χ1n) is 7.03. The Balaban J connectivity index is 2.02. The van der Waals surface area contributed by atoms with Gasteiger partial charge in [-0.2, -0.15) is 0 Å². The van der Waals surface area contributed by atoms with Crippen LogP contribution in [0.4, 0.5) is 0 Å². The maximum Gasteiger partial charge on any atom is 0.172 e. The third kappa shape index (κ3) is 3.80. The molecule has 0 spiro atoms. The minimum atomic E-state index is 0.299. The molecule has 0 N–H and O–H groups in total. The van der Waals surface area contributed by atoms with E-state index >= 15 is 0 Å². The van der Waals surface area contributed by atoms with E-state index in [0.29, 0.717) is 17.6 Å². The van der Waals surface area contributed by atoms with Gasteiger partial charge in [-0.25, -0.2) is 4.99 Å². The van der Waals surface area contributed by atoms with Gasteiger partial charge in [0.25, 0.3) is 0 Å². The predicted octanol–water partition coefficient (Wildman–Crippen LogP) is 2.39. The fourth-order valence-corrected chi connectivity index (χ4v) is 5.08. The molecule has 2 rings (SSSR count). The summed E-state index contributed by atoms with van der Waals surface area (Å²) < 4.78 is 0. The minimum Gasteiger partial charge on any atom is -0.357 e. The van der Waals surface area contributed by atoms with E-state index in [9.17, 15) is 0 Å². The fourth-order valence-electron chi connectivity index (χ4n) is 2.42. The molecule has 0 aromatic heterocycles. The van der Waals surface area contributed by atoms with E-state index in [0.717, 1.165) is 11.7 Å². The van der Waals surface area contributed by atoms with Crippen LogP contribution >= 0.6 is 21.6 Å². The Morgan fingerprint density at radius 1 is 1.16 bits per heavy atom. The highest BCUT2D eigenvalue weighted by Crippen LogP contribution is 2.39. The van der Waals surface area contributed by atoms with Gasteiger partial charge in [-0.1, -0.05) is 0 Å². The Hall–Kier alpha value is 0.0900. The molecule has 3 unspecified atom stereocenters. The second kappa shape index (κ2) is 6.70. The van der Waals surface area contributed by atoms with Crippen LogP contribution in [0.5, 0.6) is 0 Å². The first-order valence-corrected chi connectivity index (χ1v) is 9.24. The molecule has 19 heavy (non-hydrogen) atoms. The number of hydrogen-bond donors (Lipinski definition) is 0. The summed E-state index contributed by atoms with van der Waals surface area (Å²) in [5.74, 6) is 0. The van der Waals surface area contributed by atoms with Crippen molar-refractivity contribution in [2.45, 2.75) is 44.3 Å². The Kier molecular flexibility index (Phi) is 5.45. The highest BCUT2D eigenvalue weighted by molar-refractivity contribution is 8.82. The molecule has 0 aliphatic carbocycles. The summed E-state index contributed by atoms with van der Waals surface area (Å²) in [6, 6.07) is 1.28. The van der Waals surface area contributed by atoms with Gasteiger partial charge in [0.1, 0.15) is 0 Å². The monoisotopic (exact) mass is 302 g/mol. The number of nitrogens with zero attached hydrogens (tertiary/aromatic N) is 4. The lowest BCUT2D eigenvalue weighted by atomic mass is 10.1. The minimum absolute atomic E-state index is 0.299. The number of rotatable bonds is 1. The maximum atomic E-state index is 4.86. The molecule has 4 nitrogen and oxygen atoms in total. The number of amidine groups is 1. The SMILES string of the molecule is CC1CCN(C2N=C(N(C)C)SS2)C(C)CCN1C. The highest BCUT2D eigenvalue weighted by atomic mass is 33.1. The normalized spacial score (nSPS) is 34.8. The Labute approximate surface area is 125 Å². The lowest BCUT2D eigenvalue weighted by Gasteiger charge is -2.38. The molecule has 0 amide bonds. The summed E-state index contributed by atoms with van der Waals surface area (Å²) in [5, 5.41) is 1.15. The molecule has 110 valence electrons. The average Bonchev–Trinajstić information content (AvgIpc) is 2.84. The van der Waals surface area contributed by atoms with Gasteiger partial charge in [-0.3, -0.25) is 4.90 Å². The average molecular weight is 303 g/mol. The van der Waals surface area contributed by atoms with Gasteiger partial charge in [0.05, 0.1) is 0 Å². The molecule has 0 bridgehead atoms. The van der Waals surface area contributed by atoms with Crippen LogP contribution < -0.4 is 0 Å². The summed E-state index contributed by atoms with van der Waals surface area (Å²) in [6.07, 6.45) is 2.46. The standard InChI is InChI=1S/C13H26N4S2/c1-10-7-9-17(11(2)6-8-16(10)5)13-14-12(15(3)4)18-19-13/h10-11,13H,6-9H2,1-5H3. The molecule has 6 heteroatoms. The molecule has 2 heterocycles. The smallest absolute Gasteiger partial charge is 0.172 e. The van der Waals surface area contributed by atoms with Gasteiger partial charge in [0.15, 0.2) is 10.7 Å². The summed E-state index contributed by atoms with van der Waals surface area (Å²) >= 11 is 0. The Morgan fingerprint density at radius 2 is 1.84 bits per heavy atom. The van der Waals surface area contributed by atoms with Crippen molar-refractivity contribution in [3.63, 3.8) is 0 Å². The van der Waals surface area contributed by atoms with Crippen LogP contribution in [0.15, 0.2) is 4.99 Å². The molecule has 0 aromatic carbocycles. The van der Waals surface area contributed by atoms with E-state index in [-0.39, 0.29) is 0 Å². The third-order valence-corrected chi connectivity index (χ3v) is 6.64. The van der Waals surface area contributed by atoms with Gasteiger partial charge in [-0.05, 0) is 61.9 Å². The van der Waals surface area contributed by atoms with Gasteiger partial charge in [-0.15, -0.1) is 0 Å². The van der Waals surface area contributed by atoms with Crippen molar-refractivity contribution >= 4 is 26.8 Å². The van der Waals surface area contributed by atoms with Crippen molar-refractivity contribution < 1.29 is 0 Å². The fraction of sp³-hybridized carbons (Fsp3) is 0.923. The van der Waals surface area contributed by atoms with E-state index in [1.807, 2.05) is 21.6 Å². The van der Waals surface area contributed by atoms with Crippen LogP contribution in [-0.2, 0) is 0 Å². The summed E-state index contributed by atoms with van der Waals surface area (Å²) in [6.45, 7) is 7.01.